The molecule has 1 aromatic heterocycles. The summed E-state index contributed by atoms with van der Waals surface area (Å²) in [7, 11) is 0. The van der Waals surface area contributed by atoms with Crippen molar-refractivity contribution in [1.29, 1.82) is 0 Å². The summed E-state index contributed by atoms with van der Waals surface area (Å²) in [6.07, 6.45) is 0. The molecular weight excluding hydrogens is 240 g/mol. The van der Waals surface area contributed by atoms with Crippen LogP contribution in [0.25, 0.3) is 0 Å². The van der Waals surface area contributed by atoms with Crippen LogP contribution in [0.3, 0.4) is 0 Å². The fraction of sp³-hybridized carbons (Fsp3) is 0.200. The van der Waals surface area contributed by atoms with Crippen LogP contribution in [0.2, 0.25) is 0 Å². The van der Waals surface area contributed by atoms with Gasteiger partial charge in [-0.1, -0.05) is 30.3 Å². The van der Waals surface area contributed by atoms with Crippen LogP contribution in [-0.4, -0.2) is 10.5 Å². The van der Waals surface area contributed by atoms with Gasteiger partial charge < -0.3 is 10.3 Å². The molecule has 0 atom stereocenters. The lowest BCUT2D eigenvalue weighted by Crippen LogP contribution is -2.27. The summed E-state index contributed by atoms with van der Waals surface area (Å²) in [5, 5.41) is 0. The third-order valence-electron chi connectivity index (χ3n) is 3.21. The Morgan fingerprint density at radius 3 is 2.42 bits per heavy atom. The molecule has 19 heavy (non-hydrogen) atoms. The van der Waals surface area contributed by atoms with Gasteiger partial charge in [0.15, 0.2) is 5.43 Å². The average Bonchev–Trinajstić information content (AvgIpc) is 2.35. The number of aryl methyl sites for hydroxylation is 1. The zero-order valence-corrected chi connectivity index (χ0v) is 11.0. The van der Waals surface area contributed by atoms with Crippen molar-refractivity contribution in [2.45, 2.75) is 20.4 Å². The van der Waals surface area contributed by atoms with Gasteiger partial charge in [-0.15, -0.1) is 0 Å². The van der Waals surface area contributed by atoms with E-state index in [-0.39, 0.29) is 11.0 Å². The average molecular weight is 256 g/mol. The molecule has 0 saturated heterocycles. The van der Waals surface area contributed by atoms with Gasteiger partial charge in [0, 0.05) is 24.0 Å². The number of nitrogens with zero attached hydrogens (tertiary/aromatic N) is 1. The standard InChI is InChI=1S/C15H16N2O2/c1-10-8-13(18)14(15(16)19)11(2)17(10)9-12-6-4-3-5-7-12/h3-8H,9H2,1-2H3,(H2,16,19). The highest BCUT2D eigenvalue weighted by molar-refractivity contribution is 5.93. The number of carbonyl (C=O) groups is 1. The molecule has 4 nitrogen and oxygen atoms in total. The van der Waals surface area contributed by atoms with Crippen LogP contribution >= 0.6 is 0 Å². The van der Waals surface area contributed by atoms with E-state index in [0.717, 1.165) is 11.3 Å². The molecule has 0 aliphatic heterocycles. The molecule has 0 fully saturated rings. The summed E-state index contributed by atoms with van der Waals surface area (Å²) in [4.78, 5) is 23.2. The first kappa shape index (κ1) is 13.1. The van der Waals surface area contributed by atoms with Crippen LogP contribution in [0, 0.1) is 13.8 Å². The van der Waals surface area contributed by atoms with E-state index >= 15 is 0 Å². The Balaban J connectivity index is 2.55. The molecule has 1 amide bonds. The number of pyridine rings is 1. The highest BCUT2D eigenvalue weighted by Gasteiger charge is 2.14. The number of benzene rings is 1. The Morgan fingerprint density at radius 1 is 1.21 bits per heavy atom. The van der Waals surface area contributed by atoms with Crippen LogP contribution < -0.4 is 11.2 Å². The van der Waals surface area contributed by atoms with Crippen LogP contribution in [0.4, 0.5) is 0 Å². The smallest absolute Gasteiger partial charge is 0.254 e. The van der Waals surface area contributed by atoms with E-state index < -0.39 is 5.91 Å². The van der Waals surface area contributed by atoms with Gasteiger partial charge in [-0.25, -0.2) is 0 Å². The molecule has 0 saturated carbocycles. The van der Waals surface area contributed by atoms with Gasteiger partial charge in [0.25, 0.3) is 5.91 Å². The van der Waals surface area contributed by atoms with E-state index in [9.17, 15) is 9.59 Å². The van der Waals surface area contributed by atoms with Crippen LogP contribution in [0.5, 0.6) is 0 Å². The Kier molecular flexibility index (Phi) is 3.51. The van der Waals surface area contributed by atoms with Crippen LogP contribution in [0.15, 0.2) is 41.2 Å². The van der Waals surface area contributed by atoms with E-state index in [4.69, 9.17) is 5.73 Å². The number of rotatable bonds is 3. The van der Waals surface area contributed by atoms with Gasteiger partial charge in [-0.2, -0.15) is 0 Å². The van der Waals surface area contributed by atoms with Crippen molar-refractivity contribution in [2.75, 3.05) is 0 Å². The molecule has 0 radical (unpaired) electrons. The van der Waals surface area contributed by atoms with Gasteiger partial charge >= 0.3 is 0 Å². The second-order valence-corrected chi connectivity index (χ2v) is 4.55. The van der Waals surface area contributed by atoms with Gasteiger partial charge in [-0.3, -0.25) is 9.59 Å². The Bertz CT molecular complexity index is 673. The minimum Gasteiger partial charge on any atom is -0.365 e. The fourth-order valence-corrected chi connectivity index (χ4v) is 2.23. The molecule has 2 rings (SSSR count). The first-order chi connectivity index (χ1) is 9.00. The summed E-state index contributed by atoms with van der Waals surface area (Å²) in [5.74, 6) is -0.677. The monoisotopic (exact) mass is 256 g/mol. The quantitative estimate of drug-likeness (QED) is 0.906. The second-order valence-electron chi connectivity index (χ2n) is 4.55. The van der Waals surface area contributed by atoms with Crippen molar-refractivity contribution in [2.24, 2.45) is 5.73 Å². The SMILES string of the molecule is Cc1cc(=O)c(C(N)=O)c(C)n1Cc1ccccc1. The molecule has 98 valence electrons. The zero-order chi connectivity index (χ0) is 14.0. The van der Waals surface area contributed by atoms with Crippen molar-refractivity contribution in [3.05, 3.63) is 69.1 Å². The van der Waals surface area contributed by atoms with Crippen molar-refractivity contribution < 1.29 is 4.79 Å². The Labute approximate surface area is 111 Å². The lowest BCUT2D eigenvalue weighted by Gasteiger charge is -2.16. The van der Waals surface area contributed by atoms with Gasteiger partial charge in [0.2, 0.25) is 0 Å². The van der Waals surface area contributed by atoms with E-state index in [2.05, 4.69) is 0 Å². The maximum Gasteiger partial charge on any atom is 0.254 e. The Morgan fingerprint density at radius 2 is 1.84 bits per heavy atom. The summed E-state index contributed by atoms with van der Waals surface area (Å²) < 4.78 is 1.93. The maximum absolute atomic E-state index is 11.8. The van der Waals surface area contributed by atoms with E-state index in [0.29, 0.717) is 12.2 Å². The molecule has 2 aromatic rings. The third kappa shape index (κ3) is 2.57. The number of aromatic nitrogens is 1. The number of nitrogens with two attached hydrogens (primary N) is 1. The lowest BCUT2D eigenvalue weighted by atomic mass is 10.1. The van der Waals surface area contributed by atoms with E-state index in [1.54, 1.807) is 6.92 Å². The first-order valence-electron chi connectivity index (χ1n) is 6.05. The molecule has 4 heteroatoms. The summed E-state index contributed by atoms with van der Waals surface area (Å²) in [5.41, 5.74) is 7.57. The number of hydrogen-bond acceptors (Lipinski definition) is 2. The topological polar surface area (TPSA) is 65.1 Å². The van der Waals surface area contributed by atoms with E-state index in [1.165, 1.54) is 6.07 Å². The minimum atomic E-state index is -0.677. The number of amides is 1. The van der Waals surface area contributed by atoms with Crippen LogP contribution in [-0.2, 0) is 6.54 Å². The lowest BCUT2D eigenvalue weighted by molar-refractivity contribution is 0.0997. The fourth-order valence-electron chi connectivity index (χ4n) is 2.23. The van der Waals surface area contributed by atoms with Crippen molar-refractivity contribution in [3.8, 4) is 0 Å². The molecule has 0 spiro atoms. The van der Waals surface area contributed by atoms with Crippen molar-refractivity contribution >= 4 is 5.91 Å². The Hall–Kier alpha value is -2.36. The van der Waals surface area contributed by atoms with Gasteiger partial charge in [-0.05, 0) is 19.4 Å². The van der Waals surface area contributed by atoms with Crippen LogP contribution in [0.1, 0.15) is 27.3 Å². The predicted octanol–water partition coefficient (Wildman–Crippen LogP) is 1.61. The van der Waals surface area contributed by atoms with E-state index in [1.807, 2.05) is 41.8 Å². The number of carbonyl (C=O) groups excluding carboxylic acids is 1. The molecule has 0 bridgehead atoms. The molecule has 0 aliphatic carbocycles. The summed E-state index contributed by atoms with van der Waals surface area (Å²) in [6, 6.07) is 11.3. The third-order valence-corrected chi connectivity index (χ3v) is 3.21. The highest BCUT2D eigenvalue weighted by Crippen LogP contribution is 2.11. The molecule has 1 aromatic carbocycles. The minimum absolute atomic E-state index is 0.0709. The molecule has 0 unspecified atom stereocenters. The van der Waals surface area contributed by atoms with Crippen molar-refractivity contribution in [3.63, 3.8) is 0 Å². The normalized spacial score (nSPS) is 10.4. The predicted molar refractivity (Wildman–Crippen MR) is 74.2 cm³/mol. The first-order valence-corrected chi connectivity index (χ1v) is 6.05. The number of primary amides is 1. The van der Waals surface area contributed by atoms with Gasteiger partial charge in [0.05, 0.1) is 0 Å². The molecule has 2 N–H and O–H groups in total. The molecule has 0 aliphatic rings. The zero-order valence-electron chi connectivity index (χ0n) is 11.0. The summed E-state index contributed by atoms with van der Waals surface area (Å²) >= 11 is 0. The van der Waals surface area contributed by atoms with Gasteiger partial charge in [0.1, 0.15) is 5.56 Å². The molecular formula is C15H16N2O2. The number of hydrogen-bond donors (Lipinski definition) is 1. The second kappa shape index (κ2) is 5.10. The maximum atomic E-state index is 11.8. The highest BCUT2D eigenvalue weighted by atomic mass is 16.2. The summed E-state index contributed by atoms with van der Waals surface area (Å²) in [6.45, 7) is 4.21. The largest absolute Gasteiger partial charge is 0.365 e. The molecule has 1 heterocycles. The van der Waals surface area contributed by atoms with Crippen molar-refractivity contribution in [1.82, 2.24) is 4.57 Å².